The van der Waals surface area contributed by atoms with Crippen molar-refractivity contribution in [3.05, 3.63) is 53.6 Å². The van der Waals surface area contributed by atoms with Crippen molar-refractivity contribution in [2.24, 2.45) is 11.8 Å². The normalized spacial score (nSPS) is 24.4. The van der Waals surface area contributed by atoms with Crippen LogP contribution in [0.2, 0.25) is 0 Å². The van der Waals surface area contributed by atoms with Crippen molar-refractivity contribution in [3.63, 3.8) is 0 Å². The van der Waals surface area contributed by atoms with E-state index in [0.717, 1.165) is 0 Å². The Hall–Kier alpha value is -3.49. The van der Waals surface area contributed by atoms with Crippen LogP contribution in [0.4, 0.5) is 5.95 Å². The highest BCUT2D eigenvalue weighted by molar-refractivity contribution is 5.98. The van der Waals surface area contributed by atoms with E-state index in [1.807, 2.05) is 0 Å². The van der Waals surface area contributed by atoms with Crippen LogP contribution in [0.3, 0.4) is 0 Å². The average Bonchev–Trinajstić information content (AvgIpc) is 3.59. The summed E-state index contributed by atoms with van der Waals surface area (Å²) < 4.78 is 59.7. The van der Waals surface area contributed by atoms with E-state index in [9.17, 15) is 4.79 Å². The first kappa shape index (κ1) is 13.0. The summed E-state index contributed by atoms with van der Waals surface area (Å²) in [5, 5.41) is 8.30. The first-order valence-corrected chi connectivity index (χ1v) is 9.85. The van der Waals surface area contributed by atoms with Crippen molar-refractivity contribution in [3.8, 4) is 11.4 Å². The van der Waals surface area contributed by atoms with Crippen LogP contribution < -0.4 is 9.64 Å². The molecule has 0 radical (unpaired) electrons. The van der Waals surface area contributed by atoms with Gasteiger partial charge in [-0.15, -0.1) is 0 Å². The maximum atomic E-state index is 13.5. The van der Waals surface area contributed by atoms with E-state index < -0.39 is 31.1 Å². The topological polar surface area (TPSA) is 89.3 Å². The van der Waals surface area contributed by atoms with E-state index in [1.54, 1.807) is 28.0 Å². The van der Waals surface area contributed by atoms with Gasteiger partial charge in [0.05, 0.1) is 26.4 Å². The van der Waals surface area contributed by atoms with Crippen molar-refractivity contribution in [2.45, 2.75) is 13.7 Å². The number of aryl methyl sites for hydroxylation is 2. The number of likely N-dealkylation sites (tertiary alicyclic amines) is 1. The summed E-state index contributed by atoms with van der Waals surface area (Å²) in [6, 6.07) is 4.40. The monoisotopic (exact) mass is 426 g/mol. The molecule has 0 bridgehead atoms. The Labute approximate surface area is 190 Å². The quantitative estimate of drug-likeness (QED) is 0.629. The number of methoxy groups -OCH3 is 1. The number of ether oxygens (including phenoxy) is 1. The maximum Gasteiger partial charge on any atom is 0.256 e. The summed E-state index contributed by atoms with van der Waals surface area (Å²) in [5.74, 6) is 0.470. The molecule has 3 aromatic rings. The van der Waals surface area contributed by atoms with Gasteiger partial charge in [-0.05, 0) is 31.9 Å². The fourth-order valence-corrected chi connectivity index (χ4v) is 4.35. The van der Waals surface area contributed by atoms with Gasteiger partial charge in [-0.3, -0.25) is 4.79 Å². The van der Waals surface area contributed by atoms with Crippen molar-refractivity contribution < 1.29 is 19.1 Å². The second kappa shape index (κ2) is 7.64. The van der Waals surface area contributed by atoms with Gasteiger partial charge in [0.25, 0.3) is 5.91 Å². The zero-order valence-electron chi connectivity index (χ0n) is 23.8. The molecule has 5 rings (SSSR count). The van der Waals surface area contributed by atoms with Gasteiger partial charge in [0, 0.05) is 63.7 Å². The lowest BCUT2D eigenvalue weighted by molar-refractivity contribution is 0.0782. The number of hydrogen-bond acceptors (Lipinski definition) is 7. The molecular weight excluding hydrogens is 394 g/mol. The van der Waals surface area contributed by atoms with Gasteiger partial charge in [-0.25, -0.2) is 9.97 Å². The third-order valence-electron chi connectivity index (χ3n) is 5.79. The molecule has 0 spiro atoms. The van der Waals surface area contributed by atoms with E-state index in [4.69, 9.17) is 14.3 Å². The molecule has 2 aliphatic heterocycles. The first-order chi connectivity index (χ1) is 17.9. The molecule has 0 aliphatic carbocycles. The molecule has 1 amide bonds. The van der Waals surface area contributed by atoms with Gasteiger partial charge in [-0.2, -0.15) is 15.0 Å². The molecule has 0 N–H and O–H groups in total. The van der Waals surface area contributed by atoms with Crippen LogP contribution in [0.15, 0.2) is 36.6 Å². The third-order valence-corrected chi connectivity index (χ3v) is 5.79. The summed E-state index contributed by atoms with van der Waals surface area (Å²) >= 11 is 0. The molecule has 160 valence electrons. The molecule has 9 nitrogen and oxygen atoms in total. The molecule has 2 aromatic heterocycles. The molecule has 4 heterocycles. The minimum Gasteiger partial charge on any atom is -0.497 e. The Balaban J connectivity index is 1.37. The predicted octanol–water partition coefficient (Wildman–Crippen LogP) is 1.89. The molecule has 1 aromatic carbocycles. The number of hydrogen-bond donors (Lipinski definition) is 0. The maximum absolute atomic E-state index is 13.5. The summed E-state index contributed by atoms with van der Waals surface area (Å²) in [6.45, 7) is -3.77. The van der Waals surface area contributed by atoms with E-state index in [2.05, 4.69) is 20.2 Å². The van der Waals surface area contributed by atoms with Crippen molar-refractivity contribution in [1.82, 2.24) is 29.9 Å². The zero-order chi connectivity index (χ0) is 27.4. The smallest absolute Gasteiger partial charge is 0.256 e. The Kier molecular flexibility index (Phi) is 3.21. The van der Waals surface area contributed by atoms with Gasteiger partial charge in [-0.1, -0.05) is 0 Å². The van der Waals surface area contributed by atoms with Crippen LogP contribution in [0.5, 0.6) is 5.75 Å². The lowest BCUT2D eigenvalue weighted by Gasteiger charge is -2.23. The van der Waals surface area contributed by atoms with Crippen LogP contribution in [0, 0.1) is 25.5 Å². The number of amides is 1. The minimum atomic E-state index is -2.76. The fourth-order valence-electron chi connectivity index (χ4n) is 4.35. The van der Waals surface area contributed by atoms with E-state index in [1.165, 1.54) is 24.3 Å². The zero-order valence-corrected chi connectivity index (χ0v) is 16.8. The van der Waals surface area contributed by atoms with Crippen LogP contribution in [-0.4, -0.2) is 69.1 Å². The highest BCUT2D eigenvalue weighted by Gasteiger charge is 2.43. The summed E-state index contributed by atoms with van der Waals surface area (Å²) in [7, 11) is 1.54. The second-order valence-corrected chi connectivity index (χ2v) is 7.68. The molecule has 31 heavy (non-hydrogen) atoms. The highest BCUT2D eigenvalue weighted by atomic mass is 16.5. The van der Waals surface area contributed by atoms with Gasteiger partial charge in [0.2, 0.25) is 5.95 Å². The lowest BCUT2D eigenvalue weighted by Crippen LogP contribution is -2.34. The molecule has 2 fully saturated rings. The van der Waals surface area contributed by atoms with Gasteiger partial charge in [0.15, 0.2) is 0 Å². The summed E-state index contributed by atoms with van der Waals surface area (Å²) in [5.41, 5.74) is -0.238. The average molecular weight is 427 g/mol. The second-order valence-electron chi connectivity index (χ2n) is 7.68. The summed E-state index contributed by atoms with van der Waals surface area (Å²) in [4.78, 5) is 26.6. The van der Waals surface area contributed by atoms with Crippen LogP contribution in [-0.2, 0) is 0 Å². The standard InChI is InChI=1S/C22H25N7O2/c1-14-8-15(2)26-22(25-14)28-12-16-10-27(11-17(16)13-28)21(30)19-5-4-18(31-3)9-20(19)29-23-6-7-24-29/h4-9,16-17H,10-13H2,1-3H3/i1D3,2D3,8D. The van der Waals surface area contributed by atoms with Crippen LogP contribution >= 0.6 is 0 Å². The van der Waals surface area contributed by atoms with E-state index >= 15 is 0 Å². The van der Waals surface area contributed by atoms with Crippen molar-refractivity contribution in [1.29, 1.82) is 0 Å². The molecule has 2 aliphatic rings. The van der Waals surface area contributed by atoms with Gasteiger partial charge in [0.1, 0.15) is 11.4 Å². The number of carbonyl (C=O) groups is 1. The largest absolute Gasteiger partial charge is 0.497 e. The number of aromatic nitrogens is 5. The predicted molar refractivity (Wildman–Crippen MR) is 115 cm³/mol. The SMILES string of the molecule is [2H]c1c(C([2H])([2H])[2H])nc(N2CC3CN(C(=O)c4ccc(OC)cc4-n4nccn4)CC3C2)nc1C([2H])([2H])[2H]. The van der Waals surface area contributed by atoms with Crippen LogP contribution in [0.25, 0.3) is 5.69 Å². The number of nitrogens with zero attached hydrogens (tertiary/aromatic N) is 7. The lowest BCUT2D eigenvalue weighted by atomic mass is 10.0. The van der Waals surface area contributed by atoms with E-state index in [-0.39, 0.29) is 23.7 Å². The molecule has 9 heteroatoms. The number of fused-ring (bicyclic) bond motifs is 1. The van der Waals surface area contributed by atoms with Gasteiger partial charge < -0.3 is 14.5 Å². The van der Waals surface area contributed by atoms with Crippen molar-refractivity contribution in [2.75, 3.05) is 38.2 Å². The van der Waals surface area contributed by atoms with E-state index in [0.29, 0.717) is 43.2 Å². The fraction of sp³-hybridized carbons (Fsp3) is 0.409. The molecule has 0 saturated carbocycles. The van der Waals surface area contributed by atoms with Crippen molar-refractivity contribution >= 4 is 11.9 Å². The molecule has 2 saturated heterocycles. The number of anilines is 1. The number of benzene rings is 1. The Morgan fingerprint density at radius 1 is 1.10 bits per heavy atom. The minimum absolute atomic E-state index is 0.0206. The third kappa shape index (κ3) is 3.60. The van der Waals surface area contributed by atoms with Crippen LogP contribution in [0.1, 0.15) is 31.3 Å². The Morgan fingerprint density at radius 2 is 1.77 bits per heavy atom. The first-order valence-electron chi connectivity index (χ1n) is 13.4. The Morgan fingerprint density at radius 3 is 2.39 bits per heavy atom. The highest BCUT2D eigenvalue weighted by Crippen LogP contribution is 2.34. The van der Waals surface area contributed by atoms with Gasteiger partial charge >= 0.3 is 0 Å². The molecule has 2 unspecified atom stereocenters. The Bertz CT molecular complexity index is 1310. The molecule has 2 atom stereocenters. The molecular formula is C22H25N7O2. The number of carbonyl (C=O) groups excluding carboxylic acids is 1. The number of rotatable bonds is 4. The summed E-state index contributed by atoms with van der Waals surface area (Å²) in [6.07, 6.45) is 3.04.